The molecule has 14 heavy (non-hydrogen) atoms. The average Bonchev–Trinajstić information content (AvgIpc) is 2.42. The van der Waals surface area contributed by atoms with Crippen molar-refractivity contribution in [1.82, 2.24) is 10.2 Å². The van der Waals surface area contributed by atoms with Crippen molar-refractivity contribution in [3.63, 3.8) is 0 Å². The molecular weight excluding hydrogens is 206 g/mol. The van der Waals surface area contributed by atoms with Crippen LogP contribution in [-0.2, 0) is 14.3 Å². The molecule has 1 aliphatic rings. The molecule has 0 bridgehead atoms. The van der Waals surface area contributed by atoms with Crippen LogP contribution in [0.2, 0.25) is 0 Å². The number of ether oxygens (including phenoxy) is 1. The Morgan fingerprint density at radius 3 is 2.79 bits per heavy atom. The molecule has 76 valence electrons. The summed E-state index contributed by atoms with van der Waals surface area (Å²) in [5, 5.41) is 2.86. The molecule has 1 rings (SSSR count). The molecule has 0 aromatic rings. The minimum absolute atomic E-state index is 0.0721. The van der Waals surface area contributed by atoms with Crippen LogP contribution in [0.3, 0.4) is 0 Å². The van der Waals surface area contributed by atoms with Crippen LogP contribution in [0.1, 0.15) is 0 Å². The summed E-state index contributed by atoms with van der Waals surface area (Å²) in [7, 11) is 2.78. The Kier molecular flexibility index (Phi) is 3.13. The van der Waals surface area contributed by atoms with Crippen LogP contribution in [0.15, 0.2) is 4.99 Å². The number of amides is 1. The molecule has 1 amide bonds. The summed E-state index contributed by atoms with van der Waals surface area (Å²) in [6.45, 7) is -0.193. The number of rotatable bonds is 2. The molecule has 1 saturated heterocycles. The van der Waals surface area contributed by atoms with E-state index in [9.17, 15) is 9.59 Å². The maximum absolute atomic E-state index is 11.3. The fourth-order valence-electron chi connectivity index (χ4n) is 0.805. The molecule has 0 radical (unpaired) electrons. The maximum atomic E-state index is 11.3. The summed E-state index contributed by atoms with van der Waals surface area (Å²) in [5.41, 5.74) is 0. The largest absolute Gasteiger partial charge is 0.468 e. The predicted molar refractivity (Wildman–Crippen MR) is 52.8 cm³/mol. The van der Waals surface area contributed by atoms with Crippen molar-refractivity contribution >= 4 is 35.0 Å². The van der Waals surface area contributed by atoms with Crippen LogP contribution < -0.4 is 5.32 Å². The Morgan fingerprint density at radius 2 is 2.36 bits per heavy atom. The van der Waals surface area contributed by atoms with Gasteiger partial charge in [0.25, 0.3) is 5.91 Å². The third kappa shape index (κ3) is 2.05. The van der Waals surface area contributed by atoms with Crippen LogP contribution in [-0.4, -0.2) is 48.4 Å². The van der Waals surface area contributed by atoms with Gasteiger partial charge in [-0.3, -0.25) is 19.5 Å². The molecule has 0 aliphatic carbocycles. The predicted octanol–water partition coefficient (Wildman–Crippen LogP) is -1.10. The van der Waals surface area contributed by atoms with E-state index in [2.05, 4.69) is 15.0 Å². The first-order valence-corrected chi connectivity index (χ1v) is 4.17. The zero-order valence-corrected chi connectivity index (χ0v) is 8.55. The standard InChI is InChI=1S/C7H9N3O3S/c1-10-6(12)5(9-7(10)14)8-3-4(11)13-2/h3H2,1-2H3,(H,8,9,14). The molecule has 1 fully saturated rings. The van der Waals surface area contributed by atoms with Crippen molar-refractivity contribution < 1.29 is 14.3 Å². The molecule has 0 atom stereocenters. The number of methoxy groups -OCH3 is 1. The van der Waals surface area contributed by atoms with Crippen molar-refractivity contribution in [3.05, 3.63) is 0 Å². The zero-order valence-electron chi connectivity index (χ0n) is 7.73. The van der Waals surface area contributed by atoms with Crippen LogP contribution in [0.5, 0.6) is 0 Å². The van der Waals surface area contributed by atoms with Crippen molar-refractivity contribution in [3.8, 4) is 0 Å². The van der Waals surface area contributed by atoms with Gasteiger partial charge in [0.2, 0.25) is 0 Å². The van der Waals surface area contributed by atoms with Crippen LogP contribution in [0, 0.1) is 0 Å². The lowest BCUT2D eigenvalue weighted by atomic mass is 10.5. The number of nitrogens with one attached hydrogen (secondary N) is 1. The average molecular weight is 215 g/mol. The number of likely N-dealkylation sites (N-methyl/N-ethyl adjacent to an activating group) is 1. The molecular formula is C7H9N3O3S. The quantitative estimate of drug-likeness (QED) is 0.468. The van der Waals surface area contributed by atoms with Gasteiger partial charge in [-0.25, -0.2) is 0 Å². The summed E-state index contributed by atoms with van der Waals surface area (Å²) >= 11 is 4.80. The number of nitrogens with zero attached hydrogens (tertiary/aromatic N) is 2. The Balaban J connectivity index is 2.67. The summed E-state index contributed by atoms with van der Waals surface area (Å²) in [4.78, 5) is 27.0. The molecule has 1 N–H and O–H groups in total. The van der Waals surface area contributed by atoms with Gasteiger partial charge in [-0.2, -0.15) is 0 Å². The van der Waals surface area contributed by atoms with E-state index < -0.39 is 5.97 Å². The number of aliphatic imine (C=N–C) groups is 1. The maximum Gasteiger partial charge on any atom is 0.327 e. The number of carbonyl (C=O) groups is 2. The summed E-state index contributed by atoms with van der Waals surface area (Å²) in [6, 6.07) is 0. The first-order valence-electron chi connectivity index (χ1n) is 3.76. The molecule has 6 nitrogen and oxygen atoms in total. The van der Waals surface area contributed by atoms with Gasteiger partial charge in [-0.1, -0.05) is 0 Å². The van der Waals surface area contributed by atoms with E-state index in [-0.39, 0.29) is 23.4 Å². The fourth-order valence-corrected chi connectivity index (χ4v) is 0.985. The number of amidine groups is 1. The first kappa shape index (κ1) is 10.6. The summed E-state index contributed by atoms with van der Waals surface area (Å²) in [6.07, 6.45) is 0. The van der Waals surface area contributed by atoms with Crippen molar-refractivity contribution in [2.45, 2.75) is 0 Å². The molecule has 0 unspecified atom stereocenters. The van der Waals surface area contributed by atoms with Crippen LogP contribution in [0.4, 0.5) is 0 Å². The second-order valence-corrected chi connectivity index (χ2v) is 2.92. The van der Waals surface area contributed by atoms with Gasteiger partial charge < -0.3 is 10.1 Å². The highest BCUT2D eigenvalue weighted by molar-refractivity contribution is 7.80. The van der Waals surface area contributed by atoms with Gasteiger partial charge in [0.1, 0.15) is 6.54 Å². The topological polar surface area (TPSA) is 71.0 Å². The van der Waals surface area contributed by atoms with Gasteiger partial charge in [0, 0.05) is 7.05 Å². The van der Waals surface area contributed by atoms with Crippen molar-refractivity contribution in [2.24, 2.45) is 4.99 Å². The Morgan fingerprint density at radius 1 is 1.71 bits per heavy atom. The minimum Gasteiger partial charge on any atom is -0.468 e. The van der Waals surface area contributed by atoms with Crippen LogP contribution in [0.25, 0.3) is 0 Å². The molecule has 0 saturated carbocycles. The SMILES string of the molecule is COC(=O)CN=C1NC(=S)N(C)C1=O. The summed E-state index contributed by atoms with van der Waals surface area (Å²) < 4.78 is 4.37. The number of carbonyl (C=O) groups excluding carboxylic acids is 2. The molecule has 0 spiro atoms. The first-order chi connectivity index (χ1) is 6.56. The van der Waals surface area contributed by atoms with Gasteiger partial charge >= 0.3 is 5.97 Å². The highest BCUT2D eigenvalue weighted by Crippen LogP contribution is 1.98. The van der Waals surface area contributed by atoms with Gasteiger partial charge in [-0.05, 0) is 12.2 Å². The third-order valence-corrected chi connectivity index (χ3v) is 2.01. The zero-order chi connectivity index (χ0) is 10.7. The van der Waals surface area contributed by atoms with E-state index in [0.29, 0.717) is 0 Å². The van der Waals surface area contributed by atoms with Gasteiger partial charge in [-0.15, -0.1) is 0 Å². The van der Waals surface area contributed by atoms with E-state index in [1.807, 2.05) is 0 Å². The van der Waals surface area contributed by atoms with E-state index in [1.165, 1.54) is 19.1 Å². The Hall–Kier alpha value is -1.50. The monoisotopic (exact) mass is 215 g/mol. The Labute approximate surface area is 85.9 Å². The normalized spacial score (nSPS) is 18.7. The van der Waals surface area contributed by atoms with Crippen molar-refractivity contribution in [2.75, 3.05) is 20.7 Å². The highest BCUT2D eigenvalue weighted by Gasteiger charge is 2.28. The molecule has 1 heterocycles. The molecule has 0 aromatic heterocycles. The highest BCUT2D eigenvalue weighted by atomic mass is 32.1. The smallest absolute Gasteiger partial charge is 0.327 e. The van der Waals surface area contributed by atoms with E-state index in [1.54, 1.807) is 0 Å². The van der Waals surface area contributed by atoms with Gasteiger partial charge in [0.15, 0.2) is 10.9 Å². The fraction of sp³-hybridized carbons (Fsp3) is 0.429. The second kappa shape index (κ2) is 4.14. The van der Waals surface area contributed by atoms with E-state index in [4.69, 9.17) is 12.2 Å². The number of thiocarbonyl (C=S) groups is 1. The minimum atomic E-state index is -0.507. The number of esters is 1. The molecule has 1 aliphatic heterocycles. The van der Waals surface area contributed by atoms with E-state index in [0.717, 1.165) is 0 Å². The third-order valence-electron chi connectivity index (χ3n) is 1.63. The lowest BCUT2D eigenvalue weighted by Crippen LogP contribution is -2.25. The van der Waals surface area contributed by atoms with Crippen molar-refractivity contribution in [1.29, 1.82) is 0 Å². The van der Waals surface area contributed by atoms with Crippen LogP contribution >= 0.6 is 12.2 Å². The molecule has 0 aromatic carbocycles. The second-order valence-electron chi connectivity index (χ2n) is 2.54. The number of hydrogen-bond donors (Lipinski definition) is 1. The number of hydrogen-bond acceptors (Lipinski definition) is 5. The van der Waals surface area contributed by atoms with Gasteiger partial charge in [0.05, 0.1) is 7.11 Å². The lowest BCUT2D eigenvalue weighted by Gasteiger charge is -2.02. The lowest BCUT2D eigenvalue weighted by molar-refractivity contribution is -0.138. The van der Waals surface area contributed by atoms with E-state index >= 15 is 0 Å². The summed E-state index contributed by atoms with van der Waals surface area (Å²) in [5.74, 6) is -0.783. The Bertz CT molecular complexity index is 326. The molecule has 7 heteroatoms.